The van der Waals surface area contributed by atoms with E-state index in [1.165, 1.54) is 5.56 Å². The minimum absolute atomic E-state index is 0.0282. The van der Waals surface area contributed by atoms with Crippen LogP contribution < -0.4 is 5.73 Å². The predicted octanol–water partition coefficient (Wildman–Crippen LogP) is 2.45. The van der Waals surface area contributed by atoms with E-state index < -0.39 is 0 Å². The fourth-order valence-corrected chi connectivity index (χ4v) is 2.75. The van der Waals surface area contributed by atoms with Crippen LogP contribution in [0, 0.1) is 0 Å². The lowest BCUT2D eigenvalue weighted by atomic mass is 10.0. The molecule has 0 saturated heterocycles. The van der Waals surface area contributed by atoms with Crippen molar-refractivity contribution >= 4 is 11.3 Å². The Morgan fingerprint density at radius 3 is 2.67 bits per heavy atom. The zero-order valence-electron chi connectivity index (χ0n) is 10.8. The number of rotatable bonds is 5. The minimum Gasteiger partial charge on any atom is -0.324 e. The van der Waals surface area contributed by atoms with E-state index in [0.717, 1.165) is 23.7 Å². The van der Waals surface area contributed by atoms with Crippen LogP contribution >= 0.6 is 11.3 Å². The van der Waals surface area contributed by atoms with Gasteiger partial charge in [-0.05, 0) is 19.7 Å². The van der Waals surface area contributed by atoms with E-state index in [1.54, 1.807) is 11.3 Å². The molecule has 0 bridgehead atoms. The van der Waals surface area contributed by atoms with E-state index in [0.29, 0.717) is 0 Å². The van der Waals surface area contributed by atoms with Crippen molar-refractivity contribution in [1.82, 2.24) is 9.88 Å². The monoisotopic (exact) mass is 261 g/mol. The highest BCUT2D eigenvalue weighted by atomic mass is 32.1. The molecule has 2 rings (SSSR count). The second kappa shape index (κ2) is 6.09. The quantitative estimate of drug-likeness (QED) is 0.899. The lowest BCUT2D eigenvalue weighted by molar-refractivity contribution is 0.401. The third-order valence-corrected chi connectivity index (χ3v) is 3.59. The number of nitrogens with two attached hydrogens (primary N) is 1. The maximum Gasteiger partial charge on any atom is 0.107 e. The Hall–Kier alpha value is -1.23. The highest BCUT2D eigenvalue weighted by Gasteiger charge is 2.09. The van der Waals surface area contributed by atoms with Gasteiger partial charge in [-0.3, -0.25) is 0 Å². The van der Waals surface area contributed by atoms with Gasteiger partial charge in [0.1, 0.15) is 5.01 Å². The third kappa shape index (κ3) is 3.63. The zero-order valence-corrected chi connectivity index (χ0v) is 11.7. The van der Waals surface area contributed by atoms with Crippen molar-refractivity contribution < 1.29 is 0 Å². The summed E-state index contributed by atoms with van der Waals surface area (Å²) in [5.41, 5.74) is 8.45. The summed E-state index contributed by atoms with van der Waals surface area (Å²) in [6.07, 6.45) is 0.800. The summed E-state index contributed by atoms with van der Waals surface area (Å²) in [5, 5.41) is 3.26. The van der Waals surface area contributed by atoms with E-state index in [4.69, 9.17) is 5.73 Å². The summed E-state index contributed by atoms with van der Waals surface area (Å²) in [6, 6.07) is 10.2. The van der Waals surface area contributed by atoms with Gasteiger partial charge in [-0.15, -0.1) is 11.3 Å². The number of hydrogen-bond acceptors (Lipinski definition) is 4. The molecular weight excluding hydrogens is 242 g/mol. The Bertz CT molecular complexity index is 479. The molecule has 0 radical (unpaired) electrons. The van der Waals surface area contributed by atoms with Gasteiger partial charge in [0.2, 0.25) is 0 Å². The molecule has 0 spiro atoms. The highest BCUT2D eigenvalue weighted by Crippen LogP contribution is 2.18. The number of nitrogens with zero attached hydrogens (tertiary/aromatic N) is 2. The molecule has 2 aromatic rings. The third-order valence-electron chi connectivity index (χ3n) is 2.71. The summed E-state index contributed by atoms with van der Waals surface area (Å²) in [6.45, 7) is 0.894. The smallest absolute Gasteiger partial charge is 0.107 e. The van der Waals surface area contributed by atoms with Crippen molar-refractivity contribution in [2.24, 2.45) is 5.73 Å². The van der Waals surface area contributed by atoms with E-state index in [9.17, 15) is 0 Å². The first-order chi connectivity index (χ1) is 8.65. The van der Waals surface area contributed by atoms with E-state index >= 15 is 0 Å². The lowest BCUT2D eigenvalue weighted by Gasteiger charge is -2.10. The largest absolute Gasteiger partial charge is 0.324 e. The van der Waals surface area contributed by atoms with Gasteiger partial charge in [0, 0.05) is 24.4 Å². The van der Waals surface area contributed by atoms with Gasteiger partial charge >= 0.3 is 0 Å². The summed E-state index contributed by atoms with van der Waals surface area (Å²) in [4.78, 5) is 6.74. The Labute approximate surface area is 112 Å². The van der Waals surface area contributed by atoms with E-state index in [2.05, 4.69) is 41.5 Å². The molecule has 0 saturated carbocycles. The number of aromatic nitrogens is 1. The van der Waals surface area contributed by atoms with Crippen molar-refractivity contribution in [2.75, 3.05) is 14.1 Å². The molecule has 2 N–H and O–H groups in total. The van der Waals surface area contributed by atoms with Crippen LogP contribution in [0.25, 0.3) is 0 Å². The molecule has 4 heteroatoms. The standard InChI is InChI=1S/C14H19N3S/c1-17(2)9-14-16-12(10-18-14)8-13(15)11-6-4-3-5-7-11/h3-7,10,13H,8-9,15H2,1-2H3. The molecule has 96 valence electrons. The van der Waals surface area contributed by atoms with Crippen LogP contribution in [-0.4, -0.2) is 24.0 Å². The Kier molecular flexibility index (Phi) is 4.47. The first kappa shape index (κ1) is 13.2. The maximum atomic E-state index is 6.19. The van der Waals surface area contributed by atoms with Gasteiger partial charge in [-0.1, -0.05) is 30.3 Å². The minimum atomic E-state index is 0.0282. The molecular formula is C14H19N3S. The average molecular weight is 261 g/mol. The molecule has 1 heterocycles. The van der Waals surface area contributed by atoms with Crippen molar-refractivity contribution in [1.29, 1.82) is 0 Å². The molecule has 0 aliphatic rings. The Balaban J connectivity index is 1.99. The lowest BCUT2D eigenvalue weighted by Crippen LogP contribution is -2.14. The molecule has 1 aromatic carbocycles. The molecule has 0 amide bonds. The molecule has 1 unspecified atom stereocenters. The number of benzene rings is 1. The van der Waals surface area contributed by atoms with Crippen LogP contribution in [0.2, 0.25) is 0 Å². The van der Waals surface area contributed by atoms with Crippen molar-refractivity contribution in [2.45, 2.75) is 19.0 Å². The van der Waals surface area contributed by atoms with Crippen LogP contribution in [0.1, 0.15) is 22.3 Å². The summed E-state index contributed by atoms with van der Waals surface area (Å²) < 4.78 is 0. The van der Waals surface area contributed by atoms with Crippen molar-refractivity contribution in [3.63, 3.8) is 0 Å². The van der Waals surface area contributed by atoms with Gasteiger partial charge in [-0.2, -0.15) is 0 Å². The molecule has 1 aromatic heterocycles. The van der Waals surface area contributed by atoms with Crippen molar-refractivity contribution in [3.8, 4) is 0 Å². The van der Waals surface area contributed by atoms with Crippen molar-refractivity contribution in [3.05, 3.63) is 52.0 Å². The first-order valence-corrected chi connectivity index (χ1v) is 6.91. The van der Waals surface area contributed by atoms with E-state index in [-0.39, 0.29) is 6.04 Å². The number of hydrogen-bond donors (Lipinski definition) is 1. The van der Waals surface area contributed by atoms with Crippen LogP contribution in [0.5, 0.6) is 0 Å². The number of thiazole rings is 1. The molecule has 0 fully saturated rings. The van der Waals surface area contributed by atoms with Crippen LogP contribution in [0.3, 0.4) is 0 Å². The first-order valence-electron chi connectivity index (χ1n) is 6.03. The summed E-state index contributed by atoms with van der Waals surface area (Å²) in [7, 11) is 4.10. The van der Waals surface area contributed by atoms with Crippen LogP contribution in [-0.2, 0) is 13.0 Å². The maximum absolute atomic E-state index is 6.19. The molecule has 0 aliphatic carbocycles. The normalized spacial score (nSPS) is 12.9. The predicted molar refractivity (Wildman–Crippen MR) is 76.6 cm³/mol. The summed E-state index contributed by atoms with van der Waals surface area (Å²) in [5.74, 6) is 0. The SMILES string of the molecule is CN(C)Cc1nc(CC(N)c2ccccc2)cs1. The fourth-order valence-electron chi connectivity index (χ4n) is 1.83. The molecule has 1 atom stereocenters. The van der Waals surface area contributed by atoms with Crippen LogP contribution in [0.15, 0.2) is 35.7 Å². The Morgan fingerprint density at radius 2 is 2.00 bits per heavy atom. The van der Waals surface area contributed by atoms with Gasteiger partial charge in [-0.25, -0.2) is 4.98 Å². The molecule has 0 aliphatic heterocycles. The highest BCUT2D eigenvalue weighted by molar-refractivity contribution is 7.09. The summed E-state index contributed by atoms with van der Waals surface area (Å²) >= 11 is 1.71. The zero-order chi connectivity index (χ0) is 13.0. The topological polar surface area (TPSA) is 42.2 Å². The van der Waals surface area contributed by atoms with E-state index in [1.807, 2.05) is 18.2 Å². The van der Waals surface area contributed by atoms with Gasteiger partial charge < -0.3 is 10.6 Å². The fraction of sp³-hybridized carbons (Fsp3) is 0.357. The molecule has 18 heavy (non-hydrogen) atoms. The van der Waals surface area contributed by atoms with Crippen LogP contribution in [0.4, 0.5) is 0 Å². The second-order valence-electron chi connectivity index (χ2n) is 4.69. The van der Waals surface area contributed by atoms with Gasteiger partial charge in [0.25, 0.3) is 0 Å². The second-order valence-corrected chi connectivity index (χ2v) is 5.63. The van der Waals surface area contributed by atoms with Gasteiger partial charge in [0.05, 0.1) is 5.69 Å². The molecule has 3 nitrogen and oxygen atoms in total. The average Bonchev–Trinajstić information content (AvgIpc) is 2.76. The Morgan fingerprint density at radius 1 is 1.28 bits per heavy atom. The van der Waals surface area contributed by atoms with Gasteiger partial charge in [0.15, 0.2) is 0 Å².